The lowest BCUT2D eigenvalue weighted by Gasteiger charge is -2.33. The second-order valence-corrected chi connectivity index (χ2v) is 7.35. The number of nitrogens with two attached hydrogens (primary N) is 1. The monoisotopic (exact) mass is 297 g/mol. The predicted molar refractivity (Wildman–Crippen MR) is 84.9 cm³/mol. The summed E-state index contributed by atoms with van der Waals surface area (Å²) in [6, 6.07) is 4.99. The summed E-state index contributed by atoms with van der Waals surface area (Å²) in [5.74, 6) is 5.25. The van der Waals surface area contributed by atoms with Crippen molar-refractivity contribution in [1.82, 2.24) is 5.32 Å². The molecule has 0 spiro atoms. The van der Waals surface area contributed by atoms with Gasteiger partial charge in [0.05, 0.1) is 11.3 Å². The summed E-state index contributed by atoms with van der Waals surface area (Å²) in [5.41, 5.74) is 3.33. The number of carbonyl (C=O) groups excluding carboxylic acids is 1. The number of benzene rings is 1. The van der Waals surface area contributed by atoms with Gasteiger partial charge in [0.25, 0.3) is 5.91 Å². The molecular formula is C15H24ClN3O. The van der Waals surface area contributed by atoms with E-state index in [1.54, 1.807) is 18.2 Å². The molecule has 0 atom stereocenters. The van der Waals surface area contributed by atoms with Gasteiger partial charge >= 0.3 is 0 Å². The van der Waals surface area contributed by atoms with Crippen LogP contribution in [0.2, 0.25) is 5.02 Å². The number of hydrazine groups is 1. The molecule has 4 N–H and O–H groups in total. The third kappa shape index (κ3) is 5.02. The summed E-state index contributed by atoms with van der Waals surface area (Å²) in [7, 11) is 0. The molecule has 0 saturated carbocycles. The van der Waals surface area contributed by atoms with Gasteiger partial charge in [0, 0.05) is 10.6 Å². The smallest absolute Gasteiger partial charge is 0.253 e. The van der Waals surface area contributed by atoms with E-state index >= 15 is 0 Å². The van der Waals surface area contributed by atoms with E-state index in [0.29, 0.717) is 16.3 Å². The number of amides is 1. The number of nitrogens with one attached hydrogen (secondary N) is 2. The fourth-order valence-corrected chi connectivity index (χ4v) is 2.75. The van der Waals surface area contributed by atoms with Crippen molar-refractivity contribution in [3.05, 3.63) is 28.8 Å². The van der Waals surface area contributed by atoms with Crippen molar-refractivity contribution in [1.29, 1.82) is 0 Å². The molecule has 1 aromatic rings. The van der Waals surface area contributed by atoms with Crippen LogP contribution in [-0.4, -0.2) is 11.4 Å². The number of hydrogen-bond acceptors (Lipinski definition) is 3. The number of halogens is 1. The van der Waals surface area contributed by atoms with E-state index in [0.717, 1.165) is 6.42 Å². The molecule has 0 saturated heterocycles. The third-order valence-corrected chi connectivity index (χ3v) is 3.04. The number of nitrogen functional groups attached to an aromatic ring is 1. The highest BCUT2D eigenvalue weighted by Gasteiger charge is 2.28. The first kappa shape index (κ1) is 16.8. The second kappa shape index (κ2) is 6.02. The molecule has 112 valence electrons. The highest BCUT2D eigenvalue weighted by atomic mass is 35.5. The van der Waals surface area contributed by atoms with Crippen molar-refractivity contribution < 1.29 is 4.79 Å². The lowest BCUT2D eigenvalue weighted by Crippen LogP contribution is -2.46. The SMILES string of the molecule is CC(C)(C)CC(C)(C)NC(=O)c1cc(Cl)ccc1NN. The molecule has 20 heavy (non-hydrogen) atoms. The minimum atomic E-state index is -0.316. The van der Waals surface area contributed by atoms with Gasteiger partial charge in [-0.3, -0.25) is 10.6 Å². The van der Waals surface area contributed by atoms with E-state index in [4.69, 9.17) is 17.4 Å². The minimum absolute atomic E-state index is 0.125. The molecule has 0 aliphatic rings. The fourth-order valence-electron chi connectivity index (χ4n) is 2.57. The van der Waals surface area contributed by atoms with Crippen LogP contribution >= 0.6 is 11.6 Å². The Morgan fingerprint density at radius 3 is 2.35 bits per heavy atom. The van der Waals surface area contributed by atoms with Gasteiger partial charge in [0.15, 0.2) is 0 Å². The molecular weight excluding hydrogens is 274 g/mol. The summed E-state index contributed by atoms with van der Waals surface area (Å²) in [5, 5.41) is 3.54. The first-order valence-electron chi connectivity index (χ1n) is 6.63. The molecule has 0 aromatic heterocycles. The fraction of sp³-hybridized carbons (Fsp3) is 0.533. The Morgan fingerprint density at radius 1 is 1.25 bits per heavy atom. The maximum atomic E-state index is 12.4. The van der Waals surface area contributed by atoms with Crippen molar-refractivity contribution in [2.24, 2.45) is 11.3 Å². The van der Waals surface area contributed by atoms with Crippen LogP contribution in [0, 0.1) is 5.41 Å². The van der Waals surface area contributed by atoms with Crippen LogP contribution in [0.5, 0.6) is 0 Å². The van der Waals surface area contributed by atoms with Gasteiger partial charge in [-0.25, -0.2) is 0 Å². The topological polar surface area (TPSA) is 67.2 Å². The van der Waals surface area contributed by atoms with Gasteiger partial charge in [0.2, 0.25) is 0 Å². The molecule has 4 nitrogen and oxygen atoms in total. The van der Waals surface area contributed by atoms with Crippen LogP contribution in [0.3, 0.4) is 0 Å². The average Bonchev–Trinajstić information content (AvgIpc) is 2.24. The number of hydrogen-bond donors (Lipinski definition) is 3. The largest absolute Gasteiger partial charge is 0.347 e. The zero-order valence-corrected chi connectivity index (χ0v) is 13.6. The van der Waals surface area contributed by atoms with Crippen LogP contribution in [0.4, 0.5) is 5.69 Å². The molecule has 1 amide bonds. The molecule has 1 rings (SSSR count). The summed E-state index contributed by atoms with van der Waals surface area (Å²) in [6.45, 7) is 10.5. The zero-order chi connectivity index (χ0) is 15.6. The lowest BCUT2D eigenvalue weighted by atomic mass is 9.81. The van der Waals surface area contributed by atoms with Crippen LogP contribution in [0.25, 0.3) is 0 Å². The molecule has 0 bridgehead atoms. The average molecular weight is 298 g/mol. The van der Waals surface area contributed by atoms with Gasteiger partial charge < -0.3 is 10.7 Å². The molecule has 0 aliphatic carbocycles. The molecule has 1 aromatic carbocycles. The molecule has 0 heterocycles. The number of rotatable bonds is 4. The van der Waals surface area contributed by atoms with Crippen LogP contribution in [-0.2, 0) is 0 Å². The molecule has 0 radical (unpaired) electrons. The van der Waals surface area contributed by atoms with E-state index in [1.807, 2.05) is 13.8 Å². The Labute approximate surface area is 126 Å². The van der Waals surface area contributed by atoms with E-state index in [2.05, 4.69) is 31.5 Å². The van der Waals surface area contributed by atoms with Crippen molar-refractivity contribution in [2.75, 3.05) is 5.43 Å². The molecule has 5 heteroatoms. The maximum Gasteiger partial charge on any atom is 0.253 e. The molecule has 0 unspecified atom stereocenters. The normalized spacial score (nSPS) is 12.2. The Kier molecular flexibility index (Phi) is 5.05. The first-order chi connectivity index (χ1) is 9.04. The standard InChI is InChI=1S/C15H24ClN3O/c1-14(2,3)9-15(4,5)18-13(20)11-8-10(16)6-7-12(11)19-17/h6-8,19H,9,17H2,1-5H3,(H,18,20). The van der Waals surface area contributed by atoms with Gasteiger partial charge in [-0.15, -0.1) is 0 Å². The van der Waals surface area contributed by atoms with E-state index in [-0.39, 0.29) is 16.9 Å². The van der Waals surface area contributed by atoms with Crippen LogP contribution in [0.1, 0.15) is 51.4 Å². The van der Waals surface area contributed by atoms with Crippen molar-refractivity contribution in [3.63, 3.8) is 0 Å². The Morgan fingerprint density at radius 2 is 1.85 bits per heavy atom. The summed E-state index contributed by atoms with van der Waals surface area (Å²) in [6.07, 6.45) is 0.859. The van der Waals surface area contributed by atoms with Crippen molar-refractivity contribution in [3.8, 4) is 0 Å². The van der Waals surface area contributed by atoms with E-state index in [1.165, 1.54) is 0 Å². The van der Waals surface area contributed by atoms with E-state index in [9.17, 15) is 4.79 Å². The minimum Gasteiger partial charge on any atom is -0.347 e. The summed E-state index contributed by atoms with van der Waals surface area (Å²) < 4.78 is 0. The quantitative estimate of drug-likeness (QED) is 0.588. The number of anilines is 1. The highest BCUT2D eigenvalue weighted by Crippen LogP contribution is 2.28. The Balaban J connectivity index is 2.94. The van der Waals surface area contributed by atoms with Gasteiger partial charge in [-0.1, -0.05) is 32.4 Å². The summed E-state index contributed by atoms with van der Waals surface area (Å²) >= 11 is 5.95. The van der Waals surface area contributed by atoms with Crippen molar-refractivity contribution in [2.45, 2.75) is 46.6 Å². The van der Waals surface area contributed by atoms with Crippen LogP contribution < -0.4 is 16.6 Å². The van der Waals surface area contributed by atoms with Gasteiger partial charge in [-0.2, -0.15) is 0 Å². The Hall–Kier alpha value is -1.26. The van der Waals surface area contributed by atoms with Crippen molar-refractivity contribution >= 4 is 23.2 Å². The second-order valence-electron chi connectivity index (χ2n) is 6.91. The molecule has 0 fully saturated rings. The number of carbonyl (C=O) groups is 1. The first-order valence-corrected chi connectivity index (χ1v) is 7.00. The van der Waals surface area contributed by atoms with Gasteiger partial charge in [0.1, 0.15) is 0 Å². The third-order valence-electron chi connectivity index (χ3n) is 2.81. The molecule has 0 aliphatic heterocycles. The zero-order valence-electron chi connectivity index (χ0n) is 12.8. The lowest BCUT2D eigenvalue weighted by molar-refractivity contribution is 0.0892. The maximum absolute atomic E-state index is 12.4. The summed E-state index contributed by atoms with van der Waals surface area (Å²) in [4.78, 5) is 12.4. The van der Waals surface area contributed by atoms with E-state index < -0.39 is 0 Å². The highest BCUT2D eigenvalue weighted by molar-refractivity contribution is 6.31. The Bertz CT molecular complexity index is 492. The van der Waals surface area contributed by atoms with Gasteiger partial charge in [-0.05, 0) is 43.9 Å². The predicted octanol–water partition coefficient (Wildman–Crippen LogP) is 3.57. The van der Waals surface area contributed by atoms with Crippen LogP contribution in [0.15, 0.2) is 18.2 Å².